The number of hydrogen-bond acceptors (Lipinski definition) is 3. The van der Waals surface area contributed by atoms with Crippen LogP contribution in [0.1, 0.15) is 32.3 Å². The summed E-state index contributed by atoms with van der Waals surface area (Å²) < 4.78 is 5.71. The first-order valence-electron chi connectivity index (χ1n) is 8.52. The molecule has 144 valence electrons. The van der Waals surface area contributed by atoms with Crippen molar-refractivity contribution >= 4 is 40.8 Å². The predicted molar refractivity (Wildman–Crippen MR) is 107 cm³/mol. The highest BCUT2D eigenvalue weighted by molar-refractivity contribution is 6.37. The molecule has 2 N–H and O–H groups in total. The Labute approximate surface area is 168 Å². The van der Waals surface area contributed by atoms with Crippen molar-refractivity contribution in [3.8, 4) is 11.5 Å². The average molecular weight is 410 g/mol. The highest BCUT2D eigenvalue weighted by Crippen LogP contribution is 2.37. The minimum absolute atomic E-state index is 0.0301. The highest BCUT2D eigenvalue weighted by atomic mass is 35.5. The molecular formula is C20H21Cl2NO4. The number of benzene rings is 2. The maximum Gasteiger partial charge on any atom is 0.307 e. The van der Waals surface area contributed by atoms with Crippen LogP contribution in [0.3, 0.4) is 0 Å². The molecule has 0 aliphatic rings. The molecule has 1 amide bonds. The number of carbonyl (C=O) groups is 2. The zero-order valence-electron chi connectivity index (χ0n) is 15.1. The predicted octanol–water partition coefficient (Wildman–Crippen LogP) is 5.79. The number of aliphatic carboxylic acids is 1. The third-order valence-corrected chi connectivity index (χ3v) is 4.28. The summed E-state index contributed by atoms with van der Waals surface area (Å²) in [5.74, 6) is 0.216. The minimum atomic E-state index is -0.971. The maximum atomic E-state index is 11.9. The Morgan fingerprint density at radius 2 is 1.70 bits per heavy atom. The summed E-state index contributed by atoms with van der Waals surface area (Å²) in [7, 11) is 0. The zero-order chi connectivity index (χ0) is 20.0. The number of carboxylic acid groups (broad SMARTS) is 1. The van der Waals surface area contributed by atoms with E-state index >= 15 is 0 Å². The number of anilines is 1. The van der Waals surface area contributed by atoms with Gasteiger partial charge in [0.05, 0.1) is 16.5 Å². The van der Waals surface area contributed by atoms with E-state index in [9.17, 15) is 9.59 Å². The molecule has 0 spiro atoms. The Kier molecular flexibility index (Phi) is 7.51. The zero-order valence-corrected chi connectivity index (χ0v) is 16.6. The van der Waals surface area contributed by atoms with E-state index in [1.165, 1.54) is 12.1 Å². The first-order valence-corrected chi connectivity index (χ1v) is 9.27. The molecule has 0 saturated carbocycles. The molecule has 2 aromatic carbocycles. The van der Waals surface area contributed by atoms with Crippen molar-refractivity contribution in [2.45, 2.75) is 33.1 Å². The van der Waals surface area contributed by atoms with Crippen molar-refractivity contribution in [2.75, 3.05) is 5.32 Å². The lowest BCUT2D eigenvalue weighted by molar-refractivity contribution is -0.136. The van der Waals surface area contributed by atoms with Gasteiger partial charge in [-0.2, -0.15) is 0 Å². The lowest BCUT2D eigenvalue weighted by Crippen LogP contribution is -2.11. The van der Waals surface area contributed by atoms with Gasteiger partial charge in [0.25, 0.3) is 0 Å². The van der Waals surface area contributed by atoms with Gasteiger partial charge in [-0.3, -0.25) is 9.59 Å². The minimum Gasteiger partial charge on any atom is -0.481 e. The standard InChI is InChI=1S/C20H21Cl2NO4/c1-12(2)3-8-18(24)23-14-4-6-15(7-5-14)27-20-16(21)9-13(10-17(20)22)11-19(25)26/h4-7,9-10,12H,3,8,11H2,1-2H3,(H,23,24)(H,25,26). The molecule has 2 aromatic rings. The molecule has 0 unspecified atom stereocenters. The second-order valence-electron chi connectivity index (χ2n) is 6.57. The molecule has 0 heterocycles. The van der Waals surface area contributed by atoms with Gasteiger partial charge in [-0.15, -0.1) is 0 Å². The number of ether oxygens (including phenoxy) is 1. The van der Waals surface area contributed by atoms with E-state index in [-0.39, 0.29) is 28.1 Å². The van der Waals surface area contributed by atoms with Crippen LogP contribution in [0.5, 0.6) is 11.5 Å². The van der Waals surface area contributed by atoms with Gasteiger partial charge < -0.3 is 15.2 Å². The van der Waals surface area contributed by atoms with Crippen LogP contribution in [0.4, 0.5) is 5.69 Å². The fourth-order valence-electron chi connectivity index (χ4n) is 2.35. The SMILES string of the molecule is CC(C)CCC(=O)Nc1ccc(Oc2c(Cl)cc(CC(=O)O)cc2Cl)cc1. The molecule has 0 fully saturated rings. The number of halogens is 2. The summed E-state index contributed by atoms with van der Waals surface area (Å²) in [5, 5.41) is 12.1. The van der Waals surface area contributed by atoms with Crippen molar-refractivity contribution < 1.29 is 19.4 Å². The topological polar surface area (TPSA) is 75.6 Å². The quantitative estimate of drug-likeness (QED) is 0.578. The van der Waals surface area contributed by atoms with Crippen molar-refractivity contribution in [2.24, 2.45) is 5.92 Å². The van der Waals surface area contributed by atoms with E-state index in [0.717, 1.165) is 6.42 Å². The van der Waals surface area contributed by atoms with Gasteiger partial charge in [-0.25, -0.2) is 0 Å². The van der Waals surface area contributed by atoms with Crippen LogP contribution in [0.25, 0.3) is 0 Å². The lowest BCUT2D eigenvalue weighted by Gasteiger charge is -2.12. The molecule has 0 aliphatic heterocycles. The average Bonchev–Trinajstić information content (AvgIpc) is 2.57. The first-order chi connectivity index (χ1) is 12.7. The third kappa shape index (κ3) is 6.77. The second-order valence-corrected chi connectivity index (χ2v) is 7.38. The number of carbonyl (C=O) groups excluding carboxylic acids is 1. The Morgan fingerprint density at radius 3 is 2.22 bits per heavy atom. The Balaban J connectivity index is 2.04. The number of rotatable bonds is 8. The first kappa shape index (κ1) is 21.1. The summed E-state index contributed by atoms with van der Waals surface area (Å²) in [5.41, 5.74) is 1.16. The summed E-state index contributed by atoms with van der Waals surface area (Å²) in [6.45, 7) is 4.15. The van der Waals surface area contributed by atoms with E-state index in [1.807, 2.05) is 0 Å². The van der Waals surface area contributed by atoms with Crippen molar-refractivity contribution in [3.63, 3.8) is 0 Å². The molecule has 27 heavy (non-hydrogen) atoms. The highest BCUT2D eigenvalue weighted by Gasteiger charge is 2.13. The molecule has 0 saturated heterocycles. The van der Waals surface area contributed by atoms with Crippen LogP contribution in [-0.4, -0.2) is 17.0 Å². The van der Waals surface area contributed by atoms with Gasteiger partial charge in [-0.05, 0) is 54.3 Å². The molecule has 7 heteroatoms. The van der Waals surface area contributed by atoms with Crippen LogP contribution in [0.2, 0.25) is 10.0 Å². The molecule has 2 rings (SSSR count). The fourth-order valence-corrected chi connectivity index (χ4v) is 2.96. The lowest BCUT2D eigenvalue weighted by atomic mass is 10.1. The number of amides is 1. The molecule has 0 atom stereocenters. The molecular weight excluding hydrogens is 389 g/mol. The van der Waals surface area contributed by atoms with E-state index in [4.69, 9.17) is 33.0 Å². The number of carboxylic acids is 1. The van der Waals surface area contributed by atoms with Gasteiger partial charge in [-0.1, -0.05) is 37.0 Å². The summed E-state index contributed by atoms with van der Waals surface area (Å²) in [4.78, 5) is 22.7. The van der Waals surface area contributed by atoms with Crippen molar-refractivity contribution in [3.05, 3.63) is 52.0 Å². The van der Waals surface area contributed by atoms with Gasteiger partial charge in [0.15, 0.2) is 5.75 Å². The normalized spacial score (nSPS) is 10.7. The summed E-state index contributed by atoms with van der Waals surface area (Å²) in [6, 6.07) is 9.86. The molecule has 0 aliphatic carbocycles. The van der Waals surface area contributed by atoms with E-state index in [0.29, 0.717) is 29.3 Å². The van der Waals surface area contributed by atoms with E-state index in [2.05, 4.69) is 19.2 Å². The Morgan fingerprint density at radius 1 is 1.11 bits per heavy atom. The summed E-state index contributed by atoms with van der Waals surface area (Å²) in [6.07, 6.45) is 1.14. The smallest absolute Gasteiger partial charge is 0.307 e. The monoisotopic (exact) mass is 409 g/mol. The van der Waals surface area contributed by atoms with Gasteiger partial charge in [0.2, 0.25) is 5.91 Å². The van der Waals surface area contributed by atoms with Crippen LogP contribution in [0.15, 0.2) is 36.4 Å². The summed E-state index contributed by atoms with van der Waals surface area (Å²) >= 11 is 12.3. The molecule has 0 bridgehead atoms. The van der Waals surface area contributed by atoms with Crippen molar-refractivity contribution in [1.29, 1.82) is 0 Å². The van der Waals surface area contributed by atoms with Crippen LogP contribution < -0.4 is 10.1 Å². The van der Waals surface area contributed by atoms with E-state index in [1.54, 1.807) is 24.3 Å². The second kappa shape index (κ2) is 9.62. The van der Waals surface area contributed by atoms with Gasteiger partial charge in [0, 0.05) is 12.1 Å². The van der Waals surface area contributed by atoms with Gasteiger partial charge in [0.1, 0.15) is 5.75 Å². The fraction of sp³-hybridized carbons (Fsp3) is 0.300. The molecule has 5 nitrogen and oxygen atoms in total. The van der Waals surface area contributed by atoms with E-state index < -0.39 is 5.97 Å². The number of hydrogen-bond donors (Lipinski definition) is 2. The molecule has 0 radical (unpaired) electrons. The maximum absolute atomic E-state index is 11.9. The number of nitrogens with one attached hydrogen (secondary N) is 1. The third-order valence-electron chi connectivity index (χ3n) is 3.72. The van der Waals surface area contributed by atoms with Gasteiger partial charge >= 0.3 is 5.97 Å². The Hall–Kier alpha value is -2.24. The van der Waals surface area contributed by atoms with Crippen LogP contribution in [-0.2, 0) is 16.0 Å². The van der Waals surface area contributed by atoms with Crippen molar-refractivity contribution in [1.82, 2.24) is 0 Å². The van der Waals surface area contributed by atoms with Crippen LogP contribution in [0, 0.1) is 5.92 Å². The Bertz CT molecular complexity index is 796. The van der Waals surface area contributed by atoms with Crippen LogP contribution >= 0.6 is 23.2 Å². The largest absolute Gasteiger partial charge is 0.481 e. The molecule has 0 aromatic heterocycles.